The standard InChI is InChI=1S/C15H16N4O2S2/c1-8(2)16-11(20)7-19-14-13(17-9(3)23-14)12(18-15(19)21)10-5-4-6-22-10/h4-6,8H,7H2,1-3H3,(H,16,20). The highest BCUT2D eigenvalue weighted by molar-refractivity contribution is 7.18. The van der Waals surface area contributed by atoms with Crippen LogP contribution in [0.4, 0.5) is 0 Å². The summed E-state index contributed by atoms with van der Waals surface area (Å²) in [4.78, 5) is 34.7. The van der Waals surface area contributed by atoms with E-state index in [0.717, 1.165) is 9.88 Å². The minimum Gasteiger partial charge on any atom is -0.352 e. The average molecular weight is 348 g/mol. The molecule has 0 spiro atoms. The number of nitrogens with one attached hydrogen (secondary N) is 1. The molecule has 3 aromatic rings. The molecular formula is C15H16N4O2S2. The van der Waals surface area contributed by atoms with Crippen molar-refractivity contribution in [2.45, 2.75) is 33.4 Å². The molecule has 120 valence electrons. The van der Waals surface area contributed by atoms with Gasteiger partial charge < -0.3 is 5.32 Å². The maximum absolute atomic E-state index is 12.4. The van der Waals surface area contributed by atoms with Crippen LogP contribution in [0.15, 0.2) is 22.3 Å². The second-order valence-electron chi connectivity index (χ2n) is 5.42. The van der Waals surface area contributed by atoms with Crippen molar-refractivity contribution < 1.29 is 4.79 Å². The van der Waals surface area contributed by atoms with E-state index in [1.54, 1.807) is 0 Å². The summed E-state index contributed by atoms with van der Waals surface area (Å²) in [6, 6.07) is 3.85. The van der Waals surface area contributed by atoms with Crippen LogP contribution < -0.4 is 11.0 Å². The first-order valence-corrected chi connectivity index (χ1v) is 8.86. The molecule has 1 amide bonds. The Hall–Kier alpha value is -2.06. The molecule has 8 heteroatoms. The van der Waals surface area contributed by atoms with E-state index < -0.39 is 5.69 Å². The lowest BCUT2D eigenvalue weighted by molar-refractivity contribution is -0.122. The Kier molecular flexibility index (Phi) is 4.27. The van der Waals surface area contributed by atoms with Crippen molar-refractivity contribution in [1.82, 2.24) is 19.9 Å². The van der Waals surface area contributed by atoms with Crippen molar-refractivity contribution >= 4 is 38.9 Å². The third-order valence-electron chi connectivity index (χ3n) is 3.13. The van der Waals surface area contributed by atoms with Crippen molar-refractivity contribution in [2.24, 2.45) is 0 Å². The summed E-state index contributed by atoms with van der Waals surface area (Å²) < 4.78 is 1.40. The highest BCUT2D eigenvalue weighted by Crippen LogP contribution is 2.31. The SMILES string of the molecule is Cc1nc2c(-c3cccs3)nc(=O)n(CC(=O)NC(C)C)c2s1. The summed E-state index contributed by atoms with van der Waals surface area (Å²) in [6.45, 7) is 5.59. The summed E-state index contributed by atoms with van der Waals surface area (Å²) in [5, 5.41) is 5.56. The molecule has 0 unspecified atom stereocenters. The topological polar surface area (TPSA) is 76.9 Å². The van der Waals surface area contributed by atoms with Crippen LogP contribution in [0.25, 0.3) is 20.9 Å². The molecule has 0 saturated heterocycles. The maximum atomic E-state index is 12.4. The fraction of sp³-hybridized carbons (Fsp3) is 0.333. The summed E-state index contributed by atoms with van der Waals surface area (Å²) in [5.41, 5.74) is 0.834. The molecular weight excluding hydrogens is 332 g/mol. The van der Waals surface area contributed by atoms with E-state index >= 15 is 0 Å². The Labute approximate surface area is 140 Å². The molecule has 0 atom stereocenters. The molecule has 3 heterocycles. The number of nitrogens with zero attached hydrogens (tertiary/aromatic N) is 3. The third kappa shape index (κ3) is 3.18. The number of amides is 1. The molecule has 0 fully saturated rings. The fourth-order valence-electron chi connectivity index (χ4n) is 2.29. The van der Waals surface area contributed by atoms with E-state index in [1.807, 2.05) is 38.3 Å². The lowest BCUT2D eigenvalue weighted by Gasteiger charge is -2.10. The predicted octanol–water partition coefficient (Wildman–Crippen LogP) is 2.41. The molecule has 3 aromatic heterocycles. The zero-order valence-corrected chi connectivity index (χ0v) is 14.6. The number of hydrogen-bond donors (Lipinski definition) is 1. The van der Waals surface area contributed by atoms with Gasteiger partial charge in [-0.1, -0.05) is 6.07 Å². The minimum absolute atomic E-state index is 0.0234. The number of carbonyl (C=O) groups is 1. The summed E-state index contributed by atoms with van der Waals surface area (Å²) >= 11 is 2.91. The van der Waals surface area contributed by atoms with Gasteiger partial charge in [0.25, 0.3) is 0 Å². The van der Waals surface area contributed by atoms with Crippen LogP contribution in [0.2, 0.25) is 0 Å². The van der Waals surface area contributed by atoms with E-state index in [4.69, 9.17) is 0 Å². The van der Waals surface area contributed by atoms with Crippen LogP contribution >= 0.6 is 22.7 Å². The zero-order valence-electron chi connectivity index (χ0n) is 13.0. The highest BCUT2D eigenvalue weighted by Gasteiger charge is 2.18. The molecule has 6 nitrogen and oxygen atoms in total. The average Bonchev–Trinajstić information content (AvgIpc) is 3.09. The van der Waals surface area contributed by atoms with Crippen molar-refractivity contribution in [1.29, 1.82) is 0 Å². The number of hydrogen-bond acceptors (Lipinski definition) is 6. The first-order chi connectivity index (χ1) is 11.0. The van der Waals surface area contributed by atoms with Crippen LogP contribution in [-0.4, -0.2) is 26.5 Å². The number of fused-ring (bicyclic) bond motifs is 1. The molecule has 0 bridgehead atoms. The second-order valence-corrected chi connectivity index (χ2v) is 7.54. The Bertz CT molecular complexity index is 910. The molecule has 3 rings (SSSR count). The molecule has 1 N–H and O–H groups in total. The van der Waals surface area contributed by atoms with Gasteiger partial charge in [0.1, 0.15) is 22.6 Å². The third-order valence-corrected chi connectivity index (χ3v) is 5.00. The summed E-state index contributed by atoms with van der Waals surface area (Å²) in [6.07, 6.45) is 0. The lowest BCUT2D eigenvalue weighted by Crippen LogP contribution is -2.36. The number of aromatic nitrogens is 3. The Balaban J connectivity index is 2.13. The highest BCUT2D eigenvalue weighted by atomic mass is 32.1. The minimum atomic E-state index is -0.427. The van der Waals surface area contributed by atoms with Gasteiger partial charge in [0.05, 0.1) is 9.88 Å². The Morgan fingerprint density at radius 3 is 2.83 bits per heavy atom. The van der Waals surface area contributed by atoms with Crippen molar-refractivity contribution in [3.8, 4) is 10.6 Å². The summed E-state index contributed by atoms with van der Waals surface area (Å²) in [7, 11) is 0. The van der Waals surface area contributed by atoms with Crippen LogP contribution in [0, 0.1) is 6.92 Å². The first kappa shape index (κ1) is 15.8. The zero-order chi connectivity index (χ0) is 16.6. The van der Waals surface area contributed by atoms with Gasteiger partial charge in [-0.15, -0.1) is 22.7 Å². The molecule has 23 heavy (non-hydrogen) atoms. The van der Waals surface area contributed by atoms with Crippen LogP contribution in [0.3, 0.4) is 0 Å². The molecule has 0 aliphatic heterocycles. The Morgan fingerprint density at radius 1 is 1.39 bits per heavy atom. The molecule has 0 aromatic carbocycles. The van der Waals surface area contributed by atoms with Gasteiger partial charge in [-0.3, -0.25) is 9.36 Å². The molecule has 0 saturated carbocycles. The fourth-order valence-corrected chi connectivity index (χ4v) is 3.91. The number of thiazole rings is 1. The van der Waals surface area contributed by atoms with Crippen molar-refractivity contribution in [3.63, 3.8) is 0 Å². The quantitative estimate of drug-likeness (QED) is 0.785. The van der Waals surface area contributed by atoms with E-state index in [0.29, 0.717) is 16.0 Å². The van der Waals surface area contributed by atoms with Gasteiger partial charge in [0.2, 0.25) is 5.91 Å². The predicted molar refractivity (Wildman–Crippen MR) is 93.0 cm³/mol. The summed E-state index contributed by atoms with van der Waals surface area (Å²) in [5.74, 6) is -0.208. The van der Waals surface area contributed by atoms with Gasteiger partial charge in [-0.05, 0) is 32.2 Å². The van der Waals surface area contributed by atoms with Gasteiger partial charge in [0, 0.05) is 6.04 Å². The van der Waals surface area contributed by atoms with E-state index in [-0.39, 0.29) is 18.5 Å². The molecule has 0 aliphatic rings. The van der Waals surface area contributed by atoms with Crippen molar-refractivity contribution in [3.05, 3.63) is 33.0 Å². The first-order valence-electron chi connectivity index (χ1n) is 7.17. The van der Waals surface area contributed by atoms with Gasteiger partial charge in [0.15, 0.2) is 0 Å². The van der Waals surface area contributed by atoms with E-state index in [9.17, 15) is 9.59 Å². The van der Waals surface area contributed by atoms with E-state index in [1.165, 1.54) is 27.2 Å². The van der Waals surface area contributed by atoms with Gasteiger partial charge in [-0.2, -0.15) is 4.98 Å². The number of thiophene rings is 1. The van der Waals surface area contributed by atoms with E-state index in [2.05, 4.69) is 15.3 Å². The monoisotopic (exact) mass is 348 g/mol. The van der Waals surface area contributed by atoms with Gasteiger partial charge >= 0.3 is 5.69 Å². The number of aryl methyl sites for hydroxylation is 1. The van der Waals surface area contributed by atoms with Crippen LogP contribution in [0.1, 0.15) is 18.9 Å². The smallest absolute Gasteiger partial charge is 0.349 e. The normalized spacial score (nSPS) is 11.3. The van der Waals surface area contributed by atoms with Gasteiger partial charge in [-0.25, -0.2) is 9.78 Å². The maximum Gasteiger partial charge on any atom is 0.349 e. The van der Waals surface area contributed by atoms with Crippen LogP contribution in [-0.2, 0) is 11.3 Å². The van der Waals surface area contributed by atoms with Crippen LogP contribution in [0.5, 0.6) is 0 Å². The number of rotatable bonds is 4. The number of carbonyl (C=O) groups excluding carboxylic acids is 1. The molecule has 0 aliphatic carbocycles. The van der Waals surface area contributed by atoms with Crippen molar-refractivity contribution in [2.75, 3.05) is 0 Å². The second kappa shape index (κ2) is 6.21. The lowest BCUT2D eigenvalue weighted by atomic mass is 10.3. The molecule has 0 radical (unpaired) electrons. The largest absolute Gasteiger partial charge is 0.352 e. The Morgan fingerprint density at radius 2 is 2.17 bits per heavy atom.